The van der Waals surface area contributed by atoms with Crippen LogP contribution in [-0.2, 0) is 7.05 Å². The summed E-state index contributed by atoms with van der Waals surface area (Å²) in [6.45, 7) is 1.73. The SMILES string of the molecule is C[C@H](NC(=O)c1cc2ccccc2n(C)c1=O)c1nc(N)n[nH]1. The molecule has 0 spiro atoms. The van der Waals surface area contributed by atoms with E-state index in [1.807, 2.05) is 24.3 Å². The third-order valence-electron chi connectivity index (χ3n) is 3.66. The maximum Gasteiger partial charge on any atom is 0.263 e. The number of benzene rings is 1. The Morgan fingerprint density at radius 3 is 2.83 bits per heavy atom. The topological polar surface area (TPSA) is 119 Å². The van der Waals surface area contributed by atoms with Gasteiger partial charge in [-0.15, -0.1) is 5.10 Å². The smallest absolute Gasteiger partial charge is 0.263 e. The zero-order chi connectivity index (χ0) is 16.6. The third kappa shape index (κ3) is 2.66. The van der Waals surface area contributed by atoms with Crippen molar-refractivity contribution in [3.8, 4) is 0 Å². The van der Waals surface area contributed by atoms with E-state index in [2.05, 4.69) is 20.5 Å². The van der Waals surface area contributed by atoms with Crippen LogP contribution in [0.15, 0.2) is 35.1 Å². The highest BCUT2D eigenvalue weighted by Crippen LogP contribution is 2.13. The molecule has 0 aliphatic carbocycles. The molecule has 2 aromatic heterocycles. The Morgan fingerprint density at radius 2 is 2.13 bits per heavy atom. The number of fused-ring (bicyclic) bond motifs is 1. The number of rotatable bonds is 3. The highest BCUT2D eigenvalue weighted by Gasteiger charge is 2.18. The van der Waals surface area contributed by atoms with Gasteiger partial charge in [0.2, 0.25) is 5.95 Å². The van der Waals surface area contributed by atoms with Crippen LogP contribution in [0, 0.1) is 0 Å². The molecular weight excluding hydrogens is 296 g/mol. The predicted molar refractivity (Wildman–Crippen MR) is 85.9 cm³/mol. The van der Waals surface area contributed by atoms with Crippen molar-refractivity contribution in [1.29, 1.82) is 0 Å². The number of para-hydroxylation sites is 1. The monoisotopic (exact) mass is 312 g/mol. The van der Waals surface area contributed by atoms with E-state index in [0.717, 1.165) is 10.9 Å². The van der Waals surface area contributed by atoms with Crippen LogP contribution >= 0.6 is 0 Å². The number of nitrogens with two attached hydrogens (primary N) is 1. The Bertz CT molecular complexity index is 943. The van der Waals surface area contributed by atoms with Crippen molar-refractivity contribution in [2.24, 2.45) is 7.05 Å². The van der Waals surface area contributed by atoms with Crippen LogP contribution in [0.4, 0.5) is 5.95 Å². The molecule has 3 aromatic rings. The van der Waals surface area contributed by atoms with E-state index in [-0.39, 0.29) is 17.1 Å². The maximum atomic E-state index is 12.4. The first kappa shape index (κ1) is 14.8. The molecule has 0 aliphatic heterocycles. The van der Waals surface area contributed by atoms with Crippen LogP contribution in [0.25, 0.3) is 10.9 Å². The van der Waals surface area contributed by atoms with E-state index >= 15 is 0 Å². The minimum Gasteiger partial charge on any atom is -0.367 e. The average molecular weight is 312 g/mol. The molecule has 0 saturated heterocycles. The zero-order valence-electron chi connectivity index (χ0n) is 12.7. The van der Waals surface area contributed by atoms with Crippen LogP contribution in [0.1, 0.15) is 29.1 Å². The van der Waals surface area contributed by atoms with Gasteiger partial charge in [-0.25, -0.2) is 0 Å². The van der Waals surface area contributed by atoms with Gasteiger partial charge in [0.1, 0.15) is 11.4 Å². The number of hydrogen-bond donors (Lipinski definition) is 3. The fourth-order valence-electron chi connectivity index (χ4n) is 2.41. The predicted octanol–water partition coefficient (Wildman–Crippen LogP) is 0.730. The molecule has 3 rings (SSSR count). The molecule has 0 saturated carbocycles. The molecule has 0 fully saturated rings. The normalized spacial score (nSPS) is 12.3. The van der Waals surface area contributed by atoms with Gasteiger partial charge in [0, 0.05) is 7.05 Å². The number of nitrogen functional groups attached to an aromatic ring is 1. The lowest BCUT2D eigenvalue weighted by molar-refractivity contribution is 0.0936. The molecule has 8 nitrogen and oxygen atoms in total. The Kier molecular flexibility index (Phi) is 3.57. The molecule has 8 heteroatoms. The second-order valence-corrected chi connectivity index (χ2v) is 5.25. The number of H-pyrrole nitrogens is 1. The molecule has 0 aliphatic rings. The fraction of sp³-hybridized carbons (Fsp3) is 0.200. The second-order valence-electron chi connectivity index (χ2n) is 5.25. The second kappa shape index (κ2) is 5.56. The standard InChI is InChI=1S/C15H16N6O2/c1-8(12-18-15(16)20-19-12)17-13(22)10-7-9-5-3-4-6-11(9)21(2)14(10)23/h3-8H,1-2H3,(H,17,22)(H3,16,18,19,20)/t8-/m0/s1. The number of hydrogen-bond acceptors (Lipinski definition) is 5. The van der Waals surface area contributed by atoms with Crippen LogP contribution in [-0.4, -0.2) is 25.7 Å². The summed E-state index contributed by atoms with van der Waals surface area (Å²) in [5, 5.41) is 9.88. The van der Waals surface area contributed by atoms with Crippen molar-refractivity contribution in [2.75, 3.05) is 5.73 Å². The van der Waals surface area contributed by atoms with Gasteiger partial charge in [0.25, 0.3) is 11.5 Å². The molecule has 4 N–H and O–H groups in total. The quantitative estimate of drug-likeness (QED) is 0.659. The minimum absolute atomic E-state index is 0.0746. The lowest BCUT2D eigenvalue weighted by Gasteiger charge is -2.12. The number of aromatic nitrogens is 4. The number of nitrogens with one attached hydrogen (secondary N) is 2. The lowest BCUT2D eigenvalue weighted by atomic mass is 10.1. The largest absolute Gasteiger partial charge is 0.367 e. The molecule has 0 unspecified atom stereocenters. The van der Waals surface area contributed by atoms with Crippen LogP contribution in [0.2, 0.25) is 0 Å². The van der Waals surface area contributed by atoms with E-state index in [1.165, 1.54) is 4.57 Å². The molecule has 23 heavy (non-hydrogen) atoms. The van der Waals surface area contributed by atoms with Crippen LogP contribution < -0.4 is 16.6 Å². The third-order valence-corrected chi connectivity index (χ3v) is 3.66. The van der Waals surface area contributed by atoms with Gasteiger partial charge in [-0.1, -0.05) is 18.2 Å². The number of anilines is 1. The van der Waals surface area contributed by atoms with Crippen molar-refractivity contribution in [3.63, 3.8) is 0 Å². The van der Waals surface area contributed by atoms with Gasteiger partial charge < -0.3 is 15.6 Å². The van der Waals surface area contributed by atoms with Crippen molar-refractivity contribution in [1.82, 2.24) is 25.1 Å². The average Bonchev–Trinajstić information content (AvgIpc) is 2.97. The summed E-state index contributed by atoms with van der Waals surface area (Å²) in [5.41, 5.74) is 5.93. The van der Waals surface area contributed by atoms with E-state index in [4.69, 9.17) is 5.73 Å². The minimum atomic E-state index is -0.473. The van der Waals surface area contributed by atoms with E-state index in [9.17, 15) is 9.59 Å². The number of aryl methyl sites for hydroxylation is 1. The number of nitrogens with zero attached hydrogens (tertiary/aromatic N) is 3. The summed E-state index contributed by atoms with van der Waals surface area (Å²) >= 11 is 0. The van der Waals surface area contributed by atoms with E-state index in [0.29, 0.717) is 5.82 Å². The fourth-order valence-corrected chi connectivity index (χ4v) is 2.41. The van der Waals surface area contributed by atoms with Crippen molar-refractivity contribution < 1.29 is 4.79 Å². The molecule has 2 heterocycles. The van der Waals surface area contributed by atoms with E-state index < -0.39 is 11.9 Å². The molecule has 1 aromatic carbocycles. The lowest BCUT2D eigenvalue weighted by Crippen LogP contribution is -2.34. The van der Waals surface area contributed by atoms with Gasteiger partial charge in [-0.05, 0) is 24.4 Å². The molecule has 1 atom stereocenters. The summed E-state index contributed by atoms with van der Waals surface area (Å²) in [7, 11) is 1.64. The number of carbonyl (C=O) groups is 1. The molecule has 0 radical (unpaired) electrons. The molecule has 118 valence electrons. The van der Waals surface area contributed by atoms with Crippen LogP contribution in [0.5, 0.6) is 0 Å². The van der Waals surface area contributed by atoms with Gasteiger partial charge in [-0.3, -0.25) is 14.7 Å². The Balaban J connectivity index is 1.95. The summed E-state index contributed by atoms with van der Waals surface area (Å²) in [4.78, 5) is 28.8. The Labute approximate surface area is 131 Å². The highest BCUT2D eigenvalue weighted by molar-refractivity contribution is 5.97. The molecule has 0 bridgehead atoms. The first-order valence-electron chi connectivity index (χ1n) is 7.05. The van der Waals surface area contributed by atoms with Crippen molar-refractivity contribution >= 4 is 22.8 Å². The highest BCUT2D eigenvalue weighted by atomic mass is 16.2. The van der Waals surface area contributed by atoms with Gasteiger partial charge >= 0.3 is 0 Å². The summed E-state index contributed by atoms with van der Waals surface area (Å²) in [5.74, 6) is 0.0509. The van der Waals surface area contributed by atoms with Crippen molar-refractivity contribution in [2.45, 2.75) is 13.0 Å². The summed E-state index contributed by atoms with van der Waals surface area (Å²) in [6, 6.07) is 8.52. The maximum absolute atomic E-state index is 12.4. The first-order valence-corrected chi connectivity index (χ1v) is 7.05. The molecule has 1 amide bonds. The first-order chi connectivity index (χ1) is 11.0. The number of aromatic amines is 1. The molecular formula is C15H16N6O2. The number of amides is 1. The van der Waals surface area contributed by atoms with Crippen molar-refractivity contribution in [3.05, 3.63) is 52.1 Å². The van der Waals surface area contributed by atoms with Gasteiger partial charge in [0.15, 0.2) is 0 Å². The Morgan fingerprint density at radius 1 is 1.39 bits per heavy atom. The summed E-state index contributed by atoms with van der Waals surface area (Å²) < 4.78 is 1.46. The van der Waals surface area contributed by atoms with Gasteiger partial charge in [-0.2, -0.15) is 4.98 Å². The summed E-state index contributed by atoms with van der Waals surface area (Å²) in [6.07, 6.45) is 0. The zero-order valence-corrected chi connectivity index (χ0v) is 12.7. The van der Waals surface area contributed by atoms with Gasteiger partial charge in [0.05, 0.1) is 11.6 Å². The number of pyridine rings is 1. The Hall–Kier alpha value is -3.16. The number of carbonyl (C=O) groups excluding carboxylic acids is 1. The van der Waals surface area contributed by atoms with Crippen LogP contribution in [0.3, 0.4) is 0 Å². The van der Waals surface area contributed by atoms with E-state index in [1.54, 1.807) is 20.0 Å².